The number of piperazine rings is 1. The number of nitro benzene ring substituents is 1. The van der Waals surface area contributed by atoms with Gasteiger partial charge in [0.2, 0.25) is 5.88 Å². The first-order chi connectivity index (χ1) is 17.0. The Kier molecular flexibility index (Phi) is 6.23. The van der Waals surface area contributed by atoms with Crippen LogP contribution in [0.5, 0.6) is 5.88 Å². The van der Waals surface area contributed by atoms with Crippen LogP contribution in [0.2, 0.25) is 0 Å². The lowest BCUT2D eigenvalue weighted by atomic mass is 10.1. The second-order valence-corrected chi connectivity index (χ2v) is 8.80. The molecule has 35 heavy (non-hydrogen) atoms. The molecule has 3 heterocycles. The smallest absolute Gasteiger partial charge is 0.269 e. The molecule has 1 aliphatic rings. The van der Waals surface area contributed by atoms with E-state index in [1.807, 2.05) is 5.38 Å². The van der Waals surface area contributed by atoms with Crippen molar-refractivity contribution in [3.8, 4) is 17.0 Å². The van der Waals surface area contributed by atoms with Crippen LogP contribution in [-0.2, 0) is 4.79 Å². The van der Waals surface area contributed by atoms with Crippen molar-refractivity contribution in [3.05, 3.63) is 76.2 Å². The number of carbonyl (C=O) groups excluding carboxylic acids is 1. The molecule has 11 heteroatoms. The van der Waals surface area contributed by atoms with Gasteiger partial charge in [-0.25, -0.2) is 14.4 Å². The van der Waals surface area contributed by atoms with E-state index in [1.165, 1.54) is 41.9 Å². The van der Waals surface area contributed by atoms with Crippen LogP contribution in [-0.4, -0.2) is 58.5 Å². The number of anilines is 1. The molecular formula is C24H20FN5O4S. The van der Waals surface area contributed by atoms with Crippen LogP contribution in [0, 0.1) is 15.9 Å². The summed E-state index contributed by atoms with van der Waals surface area (Å²) in [5.41, 5.74) is 2.57. The maximum atomic E-state index is 13.4. The number of ether oxygens (including phenoxy) is 1. The van der Waals surface area contributed by atoms with Crippen LogP contribution in [0.1, 0.15) is 0 Å². The predicted molar refractivity (Wildman–Crippen MR) is 130 cm³/mol. The monoisotopic (exact) mass is 493 g/mol. The number of rotatable bonds is 6. The van der Waals surface area contributed by atoms with Gasteiger partial charge >= 0.3 is 0 Å². The summed E-state index contributed by atoms with van der Waals surface area (Å²) in [7, 11) is 0. The lowest BCUT2D eigenvalue weighted by molar-refractivity contribution is -0.384. The number of halogens is 1. The van der Waals surface area contributed by atoms with Crippen LogP contribution >= 0.6 is 11.3 Å². The zero-order valence-electron chi connectivity index (χ0n) is 18.5. The minimum absolute atomic E-state index is 0.0479. The Labute approximate surface area is 203 Å². The van der Waals surface area contributed by atoms with Gasteiger partial charge in [0.25, 0.3) is 11.6 Å². The molecule has 9 nitrogen and oxygen atoms in total. The Morgan fingerprint density at radius 3 is 2.46 bits per heavy atom. The molecule has 1 saturated heterocycles. The molecule has 5 rings (SSSR count). The first kappa shape index (κ1) is 22.7. The Balaban J connectivity index is 1.23. The van der Waals surface area contributed by atoms with E-state index in [1.54, 1.807) is 29.2 Å². The molecule has 0 aliphatic carbocycles. The van der Waals surface area contributed by atoms with Gasteiger partial charge in [-0.15, -0.1) is 11.3 Å². The van der Waals surface area contributed by atoms with Crippen LogP contribution in [0.15, 0.2) is 60.2 Å². The van der Waals surface area contributed by atoms with Crippen LogP contribution in [0.25, 0.3) is 21.3 Å². The maximum absolute atomic E-state index is 13.4. The van der Waals surface area contributed by atoms with Crippen LogP contribution < -0.4 is 9.64 Å². The normalized spacial score (nSPS) is 13.7. The number of aromatic nitrogens is 2. The zero-order valence-corrected chi connectivity index (χ0v) is 19.3. The third-order valence-corrected chi connectivity index (χ3v) is 6.77. The second-order valence-electron chi connectivity index (χ2n) is 7.95. The van der Waals surface area contributed by atoms with Crippen LogP contribution in [0.3, 0.4) is 0 Å². The largest absolute Gasteiger partial charge is 0.467 e. The number of nitrogens with zero attached hydrogens (tertiary/aromatic N) is 5. The molecule has 1 fully saturated rings. The first-order valence-electron chi connectivity index (χ1n) is 10.9. The highest BCUT2D eigenvalue weighted by Gasteiger charge is 2.23. The molecule has 0 spiro atoms. The Morgan fingerprint density at radius 2 is 1.77 bits per heavy atom. The average Bonchev–Trinajstić information content (AvgIpc) is 3.33. The summed E-state index contributed by atoms with van der Waals surface area (Å²) in [6.45, 7) is 2.08. The highest BCUT2D eigenvalue weighted by Crippen LogP contribution is 2.37. The fraction of sp³-hybridized carbons (Fsp3) is 0.208. The highest BCUT2D eigenvalue weighted by atomic mass is 32.1. The minimum atomic E-state index is -0.426. The van der Waals surface area contributed by atoms with Crippen molar-refractivity contribution in [2.24, 2.45) is 0 Å². The second kappa shape index (κ2) is 9.63. The van der Waals surface area contributed by atoms with Gasteiger partial charge in [-0.2, -0.15) is 0 Å². The molecule has 2 aromatic heterocycles. The van der Waals surface area contributed by atoms with E-state index >= 15 is 0 Å². The third kappa shape index (κ3) is 4.76. The predicted octanol–water partition coefficient (Wildman–Crippen LogP) is 4.13. The summed E-state index contributed by atoms with van der Waals surface area (Å²) >= 11 is 1.43. The van der Waals surface area contributed by atoms with Crippen molar-refractivity contribution >= 4 is 38.8 Å². The Bertz CT molecular complexity index is 1370. The summed E-state index contributed by atoms with van der Waals surface area (Å²) in [5, 5.41) is 13.5. The fourth-order valence-electron chi connectivity index (χ4n) is 4.02. The van der Waals surface area contributed by atoms with Crippen molar-refractivity contribution in [1.82, 2.24) is 14.9 Å². The number of carbonyl (C=O) groups is 1. The van der Waals surface area contributed by atoms with Crippen molar-refractivity contribution in [2.45, 2.75) is 0 Å². The van der Waals surface area contributed by atoms with Gasteiger partial charge in [0.15, 0.2) is 6.61 Å². The van der Waals surface area contributed by atoms with E-state index in [4.69, 9.17) is 4.74 Å². The fourth-order valence-corrected chi connectivity index (χ4v) is 4.93. The number of benzene rings is 2. The summed E-state index contributed by atoms with van der Waals surface area (Å²) in [6.07, 6.45) is 1.40. The first-order valence-corrected chi connectivity index (χ1v) is 11.8. The van der Waals surface area contributed by atoms with Gasteiger partial charge in [-0.3, -0.25) is 14.9 Å². The van der Waals surface area contributed by atoms with E-state index in [-0.39, 0.29) is 24.0 Å². The molecule has 2 aromatic carbocycles. The summed E-state index contributed by atoms with van der Waals surface area (Å²) in [4.78, 5) is 36.3. The van der Waals surface area contributed by atoms with E-state index < -0.39 is 4.92 Å². The lowest BCUT2D eigenvalue weighted by Gasteiger charge is -2.36. The zero-order chi connectivity index (χ0) is 24.4. The van der Waals surface area contributed by atoms with Gasteiger partial charge in [-0.1, -0.05) is 12.1 Å². The number of thiophene rings is 1. The van der Waals surface area contributed by atoms with Crippen molar-refractivity contribution in [3.63, 3.8) is 0 Å². The van der Waals surface area contributed by atoms with Crippen molar-refractivity contribution in [2.75, 3.05) is 37.7 Å². The molecule has 0 saturated carbocycles. The van der Waals surface area contributed by atoms with Crippen LogP contribution in [0.4, 0.5) is 15.8 Å². The van der Waals surface area contributed by atoms with Gasteiger partial charge in [-0.05, 0) is 29.8 Å². The van der Waals surface area contributed by atoms with E-state index in [0.29, 0.717) is 37.4 Å². The number of fused-ring (bicyclic) bond motifs is 1. The molecule has 0 radical (unpaired) electrons. The SMILES string of the molecule is O=C(COc1ncnc2scc(-c3ccc(F)cc3)c12)N1CCN(c2ccc([N+](=O)[O-])cc2)CC1. The van der Waals surface area contributed by atoms with Crippen molar-refractivity contribution < 1.29 is 18.8 Å². The molecule has 0 unspecified atom stereocenters. The van der Waals surface area contributed by atoms with E-state index in [0.717, 1.165) is 21.6 Å². The number of hydrogen-bond donors (Lipinski definition) is 0. The van der Waals surface area contributed by atoms with Crippen molar-refractivity contribution in [1.29, 1.82) is 0 Å². The molecule has 4 aromatic rings. The molecular weight excluding hydrogens is 473 g/mol. The number of nitro groups is 1. The summed E-state index contributed by atoms with van der Waals surface area (Å²) < 4.78 is 19.2. The number of hydrogen-bond acceptors (Lipinski definition) is 8. The lowest BCUT2D eigenvalue weighted by Crippen LogP contribution is -2.50. The van der Waals surface area contributed by atoms with Gasteiger partial charge < -0.3 is 14.5 Å². The summed E-state index contributed by atoms with van der Waals surface area (Å²) in [5.74, 6) is -0.160. The van der Waals surface area contributed by atoms with Gasteiger partial charge in [0, 0.05) is 54.9 Å². The molecule has 0 atom stereocenters. The highest BCUT2D eigenvalue weighted by molar-refractivity contribution is 7.17. The maximum Gasteiger partial charge on any atom is 0.269 e. The topological polar surface area (TPSA) is 102 Å². The minimum Gasteiger partial charge on any atom is -0.467 e. The van der Waals surface area contributed by atoms with Gasteiger partial charge in [0.1, 0.15) is 17.0 Å². The molecule has 0 N–H and O–H groups in total. The van der Waals surface area contributed by atoms with Gasteiger partial charge in [0.05, 0.1) is 10.3 Å². The molecule has 1 amide bonds. The third-order valence-electron chi connectivity index (χ3n) is 5.88. The Morgan fingerprint density at radius 1 is 1.06 bits per heavy atom. The molecule has 178 valence electrons. The van der Waals surface area contributed by atoms with E-state index in [9.17, 15) is 19.3 Å². The number of amides is 1. The quantitative estimate of drug-likeness (QED) is 0.294. The van der Waals surface area contributed by atoms with E-state index in [2.05, 4.69) is 14.9 Å². The number of non-ortho nitro benzene ring substituents is 1. The molecule has 1 aliphatic heterocycles. The average molecular weight is 494 g/mol. The summed E-state index contributed by atoms with van der Waals surface area (Å²) in [6, 6.07) is 12.6. The molecule has 0 bridgehead atoms. The Hall–Kier alpha value is -4.12. The standard InChI is InChI=1S/C24H20FN5O4S/c25-17-3-1-16(2-4-17)20-14-35-24-22(20)23(26-15-27-24)34-13-21(31)29-11-9-28(10-12-29)18-5-7-19(8-6-18)30(32)33/h1-8,14-15H,9-13H2.